The minimum absolute atomic E-state index is 0.0881. The van der Waals surface area contributed by atoms with E-state index in [0.29, 0.717) is 11.6 Å². The highest BCUT2D eigenvalue weighted by molar-refractivity contribution is 6.33. The summed E-state index contributed by atoms with van der Waals surface area (Å²) in [6.07, 6.45) is 6.91. The number of anilines is 1. The smallest absolute Gasteiger partial charge is 0.266 e. The van der Waals surface area contributed by atoms with Crippen molar-refractivity contribution < 1.29 is 0 Å². The Balaban J connectivity index is 1.37. The van der Waals surface area contributed by atoms with E-state index in [4.69, 9.17) is 11.6 Å². The lowest BCUT2D eigenvalue weighted by Crippen LogP contribution is -2.47. The zero-order chi connectivity index (χ0) is 19.3. The summed E-state index contributed by atoms with van der Waals surface area (Å²) in [5.74, 6) is 0. The van der Waals surface area contributed by atoms with E-state index >= 15 is 0 Å². The molecule has 8 heteroatoms. The Bertz CT molecular complexity index is 985. The third-order valence-electron chi connectivity index (χ3n) is 4.92. The van der Waals surface area contributed by atoms with Gasteiger partial charge in [0.15, 0.2) is 0 Å². The second kappa shape index (κ2) is 8.50. The van der Waals surface area contributed by atoms with Gasteiger partial charge in [0.1, 0.15) is 0 Å². The fraction of sp³-hybridized carbons (Fsp3) is 0.300. The van der Waals surface area contributed by atoms with E-state index in [1.807, 2.05) is 18.2 Å². The predicted octanol–water partition coefficient (Wildman–Crippen LogP) is 2.18. The van der Waals surface area contributed by atoms with Crippen LogP contribution in [-0.2, 0) is 6.54 Å². The highest BCUT2D eigenvalue weighted by atomic mass is 35.5. The number of nitrogens with zero attached hydrogens (tertiary/aromatic N) is 6. The largest absolute Gasteiger partial charge is 0.368 e. The fourth-order valence-electron chi connectivity index (χ4n) is 3.35. The van der Waals surface area contributed by atoms with Crippen LogP contribution in [0.15, 0.2) is 59.9 Å². The lowest BCUT2D eigenvalue weighted by atomic mass is 10.2. The van der Waals surface area contributed by atoms with Crippen LogP contribution >= 0.6 is 11.6 Å². The molecule has 0 saturated carbocycles. The maximum absolute atomic E-state index is 12.2. The molecule has 1 saturated heterocycles. The van der Waals surface area contributed by atoms with Gasteiger partial charge < -0.3 is 4.90 Å². The van der Waals surface area contributed by atoms with Crippen molar-refractivity contribution in [2.75, 3.05) is 37.6 Å². The fourth-order valence-corrected chi connectivity index (χ4v) is 3.59. The second-order valence-corrected chi connectivity index (χ2v) is 7.08. The molecule has 0 unspecified atom stereocenters. The lowest BCUT2D eigenvalue weighted by Gasteiger charge is -2.36. The van der Waals surface area contributed by atoms with Crippen LogP contribution in [0.25, 0.3) is 11.3 Å². The summed E-state index contributed by atoms with van der Waals surface area (Å²) in [6, 6.07) is 9.06. The van der Waals surface area contributed by atoms with Crippen molar-refractivity contribution in [2.45, 2.75) is 6.54 Å². The second-order valence-electron chi connectivity index (χ2n) is 6.68. The minimum atomic E-state index is -0.0881. The van der Waals surface area contributed by atoms with Gasteiger partial charge in [-0.3, -0.25) is 19.7 Å². The topological polar surface area (TPSA) is 67.2 Å². The van der Waals surface area contributed by atoms with Crippen molar-refractivity contribution in [1.82, 2.24) is 24.6 Å². The Labute approximate surface area is 168 Å². The molecule has 7 nitrogen and oxygen atoms in total. The SMILES string of the molecule is O=c1ccc(-c2cccnc2)nn1CCN1CCN(c2ccncc2Cl)CC1. The molecule has 0 amide bonds. The molecule has 3 aromatic rings. The van der Waals surface area contributed by atoms with E-state index in [9.17, 15) is 4.79 Å². The number of piperazine rings is 1. The highest BCUT2D eigenvalue weighted by Gasteiger charge is 2.19. The molecular weight excluding hydrogens is 376 g/mol. The van der Waals surface area contributed by atoms with Gasteiger partial charge in [-0.15, -0.1) is 0 Å². The number of hydrogen-bond donors (Lipinski definition) is 0. The van der Waals surface area contributed by atoms with Crippen molar-refractivity contribution in [3.05, 3.63) is 70.5 Å². The summed E-state index contributed by atoms with van der Waals surface area (Å²) < 4.78 is 1.54. The number of pyridine rings is 2. The molecule has 3 aromatic heterocycles. The molecule has 0 bridgehead atoms. The van der Waals surface area contributed by atoms with Crippen molar-refractivity contribution >= 4 is 17.3 Å². The van der Waals surface area contributed by atoms with Gasteiger partial charge in [-0.2, -0.15) is 5.10 Å². The average molecular weight is 397 g/mol. The number of hydrogen-bond acceptors (Lipinski definition) is 6. The third kappa shape index (κ3) is 4.21. The molecule has 1 aliphatic heterocycles. The molecule has 0 aliphatic carbocycles. The molecule has 28 heavy (non-hydrogen) atoms. The zero-order valence-electron chi connectivity index (χ0n) is 15.4. The first-order valence-corrected chi connectivity index (χ1v) is 9.64. The quantitative estimate of drug-likeness (QED) is 0.658. The Morgan fingerprint density at radius 1 is 0.929 bits per heavy atom. The first kappa shape index (κ1) is 18.6. The van der Waals surface area contributed by atoms with E-state index in [0.717, 1.165) is 49.7 Å². The van der Waals surface area contributed by atoms with Crippen molar-refractivity contribution in [2.24, 2.45) is 0 Å². The van der Waals surface area contributed by atoms with Crippen LogP contribution in [0.4, 0.5) is 5.69 Å². The molecule has 0 atom stereocenters. The first-order chi connectivity index (χ1) is 13.7. The number of aromatic nitrogens is 4. The van der Waals surface area contributed by atoms with Crippen LogP contribution in [-0.4, -0.2) is 57.4 Å². The minimum Gasteiger partial charge on any atom is -0.368 e. The summed E-state index contributed by atoms with van der Waals surface area (Å²) in [5, 5.41) is 5.18. The van der Waals surface area contributed by atoms with Crippen LogP contribution in [0.5, 0.6) is 0 Å². The maximum atomic E-state index is 12.2. The van der Waals surface area contributed by atoms with E-state index < -0.39 is 0 Å². The van der Waals surface area contributed by atoms with E-state index in [1.165, 1.54) is 4.68 Å². The van der Waals surface area contributed by atoms with E-state index in [2.05, 4.69) is 24.9 Å². The molecule has 0 spiro atoms. The number of halogens is 1. The van der Waals surface area contributed by atoms with Gasteiger partial charge in [0.05, 0.1) is 22.9 Å². The molecular formula is C20H21ClN6O. The molecule has 4 rings (SSSR count). The standard InChI is InChI=1S/C20H21ClN6O/c21-17-15-23-7-5-19(17)26-11-8-25(9-12-26)10-13-27-20(28)4-3-18(24-27)16-2-1-6-22-14-16/h1-7,14-15H,8-13H2. The summed E-state index contributed by atoms with van der Waals surface area (Å²) >= 11 is 6.25. The predicted molar refractivity (Wildman–Crippen MR) is 110 cm³/mol. The first-order valence-electron chi connectivity index (χ1n) is 9.26. The molecule has 0 radical (unpaired) electrons. The average Bonchev–Trinajstić information content (AvgIpc) is 2.75. The summed E-state index contributed by atoms with van der Waals surface area (Å²) in [5.41, 5.74) is 2.59. The monoisotopic (exact) mass is 396 g/mol. The van der Waals surface area contributed by atoms with Crippen LogP contribution in [0.1, 0.15) is 0 Å². The Hall–Kier alpha value is -2.77. The van der Waals surface area contributed by atoms with Gasteiger partial charge in [0, 0.05) is 69.1 Å². The van der Waals surface area contributed by atoms with E-state index in [1.54, 1.807) is 36.9 Å². The Kier molecular flexibility index (Phi) is 5.64. The molecule has 0 aromatic carbocycles. The molecule has 1 aliphatic rings. The van der Waals surface area contributed by atoms with Crippen molar-refractivity contribution in [1.29, 1.82) is 0 Å². The normalized spacial score (nSPS) is 15.0. The van der Waals surface area contributed by atoms with Crippen molar-refractivity contribution in [3.8, 4) is 11.3 Å². The molecule has 4 heterocycles. The highest BCUT2D eigenvalue weighted by Crippen LogP contribution is 2.25. The van der Waals surface area contributed by atoms with Crippen LogP contribution in [0, 0.1) is 0 Å². The van der Waals surface area contributed by atoms with Gasteiger partial charge in [-0.25, -0.2) is 4.68 Å². The van der Waals surface area contributed by atoms with Crippen LogP contribution in [0.3, 0.4) is 0 Å². The van der Waals surface area contributed by atoms with Crippen LogP contribution in [0.2, 0.25) is 5.02 Å². The van der Waals surface area contributed by atoms with Gasteiger partial charge in [-0.05, 0) is 24.3 Å². The maximum Gasteiger partial charge on any atom is 0.266 e. The van der Waals surface area contributed by atoms with Gasteiger partial charge in [-0.1, -0.05) is 11.6 Å². The van der Waals surface area contributed by atoms with E-state index in [-0.39, 0.29) is 5.56 Å². The van der Waals surface area contributed by atoms with Gasteiger partial charge >= 0.3 is 0 Å². The van der Waals surface area contributed by atoms with Crippen LogP contribution < -0.4 is 10.5 Å². The van der Waals surface area contributed by atoms with Gasteiger partial charge in [0.25, 0.3) is 5.56 Å². The van der Waals surface area contributed by atoms with Gasteiger partial charge in [0.2, 0.25) is 0 Å². The molecule has 1 fully saturated rings. The third-order valence-corrected chi connectivity index (χ3v) is 5.21. The molecule has 144 valence electrons. The number of rotatable bonds is 5. The summed E-state index contributed by atoms with van der Waals surface area (Å²) in [6.45, 7) is 4.94. The molecule has 0 N–H and O–H groups in total. The lowest BCUT2D eigenvalue weighted by molar-refractivity contribution is 0.243. The zero-order valence-corrected chi connectivity index (χ0v) is 16.2. The summed E-state index contributed by atoms with van der Waals surface area (Å²) in [7, 11) is 0. The van der Waals surface area contributed by atoms with Crippen molar-refractivity contribution in [3.63, 3.8) is 0 Å². The summed E-state index contributed by atoms with van der Waals surface area (Å²) in [4.78, 5) is 25.0. The Morgan fingerprint density at radius 2 is 1.75 bits per heavy atom. The Morgan fingerprint density at radius 3 is 2.50 bits per heavy atom.